The minimum atomic E-state index is 1.15. The standard InChI is InChI=1S/2C8H15N2.CH4S/c2*1-3-4-5-10-7-6-9(2)8-10;1-2/h2*6-8H,3-5H2,1-2H3;2H,1H3/q2*+1;/p+1. The fourth-order valence-electron chi connectivity index (χ4n) is 1.95. The minimum Gasteiger partial charge on any atom is -0.240 e. The van der Waals surface area contributed by atoms with Crippen molar-refractivity contribution in [2.75, 3.05) is 6.26 Å². The maximum absolute atomic E-state index is 2.97. The average molecular weight is 328 g/mol. The van der Waals surface area contributed by atoms with Crippen LogP contribution in [-0.2, 0) is 39.8 Å². The summed E-state index contributed by atoms with van der Waals surface area (Å²) in [6.45, 7) is 6.72. The monoisotopic (exact) mass is 327 g/mol. The zero-order valence-electron chi connectivity index (χ0n) is 15.0. The molecular weight excluding hydrogens is 292 g/mol. The third-order valence-electron chi connectivity index (χ3n) is 3.19. The van der Waals surface area contributed by atoms with Crippen molar-refractivity contribution in [2.24, 2.45) is 14.1 Å². The van der Waals surface area contributed by atoms with Gasteiger partial charge in [-0.1, -0.05) is 26.7 Å². The van der Waals surface area contributed by atoms with Gasteiger partial charge >= 0.3 is 0 Å². The van der Waals surface area contributed by atoms with Gasteiger partial charge in [-0.2, -0.15) is 0 Å². The molecule has 0 N–H and O–H groups in total. The Morgan fingerprint density at radius 2 is 1.14 bits per heavy atom. The van der Waals surface area contributed by atoms with Gasteiger partial charge in [-0.05, 0) is 25.5 Å². The molecule has 0 bridgehead atoms. The quantitative estimate of drug-likeness (QED) is 0.569. The van der Waals surface area contributed by atoms with Crippen molar-refractivity contribution in [3.05, 3.63) is 37.4 Å². The summed E-state index contributed by atoms with van der Waals surface area (Å²) in [5, 5.41) is 0. The summed E-state index contributed by atoms with van der Waals surface area (Å²) >= 11 is 2.97. The smallest absolute Gasteiger partial charge is 0.240 e. The molecule has 2 aromatic rings. The first-order valence-corrected chi connectivity index (χ1v) is 9.17. The molecule has 0 fully saturated rings. The fourth-order valence-corrected chi connectivity index (χ4v) is 1.95. The molecule has 5 heteroatoms. The Bertz CT molecular complexity index is 432. The summed E-state index contributed by atoms with van der Waals surface area (Å²) in [5.74, 6) is 0. The average Bonchev–Trinajstić information content (AvgIpc) is 3.14. The van der Waals surface area contributed by atoms with Crippen molar-refractivity contribution in [3.63, 3.8) is 0 Å². The number of unbranched alkanes of at least 4 members (excludes halogenated alkanes) is 2. The summed E-state index contributed by atoms with van der Waals surface area (Å²) in [5.41, 5.74) is 0. The van der Waals surface area contributed by atoms with Crippen LogP contribution < -0.4 is 9.13 Å². The molecule has 2 heterocycles. The molecule has 0 atom stereocenters. The topological polar surface area (TPSA) is 17.6 Å². The number of hydrogen-bond acceptors (Lipinski definition) is 0. The van der Waals surface area contributed by atoms with Gasteiger partial charge in [0, 0.05) is 0 Å². The van der Waals surface area contributed by atoms with Crippen LogP contribution in [0.5, 0.6) is 0 Å². The highest BCUT2D eigenvalue weighted by Gasteiger charge is 1.97. The van der Waals surface area contributed by atoms with Gasteiger partial charge in [0.1, 0.15) is 24.8 Å². The van der Waals surface area contributed by atoms with Crippen molar-refractivity contribution in [1.82, 2.24) is 9.13 Å². The summed E-state index contributed by atoms with van der Waals surface area (Å²) < 4.78 is 8.55. The van der Waals surface area contributed by atoms with Crippen LogP contribution in [0.15, 0.2) is 37.4 Å². The number of hydrogen-bond donors (Lipinski definition) is 0. The van der Waals surface area contributed by atoms with Gasteiger partial charge in [-0.15, -0.1) is 0 Å². The van der Waals surface area contributed by atoms with Gasteiger partial charge in [0.05, 0.1) is 33.4 Å². The number of nitrogens with zero attached hydrogens (tertiary/aromatic N) is 4. The Morgan fingerprint density at radius 3 is 1.36 bits per heavy atom. The van der Waals surface area contributed by atoms with Crippen molar-refractivity contribution >= 4 is 12.6 Å². The van der Waals surface area contributed by atoms with E-state index in [0.717, 1.165) is 13.1 Å². The van der Waals surface area contributed by atoms with Crippen molar-refractivity contribution in [3.8, 4) is 0 Å². The second kappa shape index (κ2) is 13.4. The van der Waals surface area contributed by atoms with Gasteiger partial charge in [0.2, 0.25) is 12.7 Å². The van der Waals surface area contributed by atoms with E-state index in [0.29, 0.717) is 0 Å². The number of rotatable bonds is 6. The fraction of sp³-hybridized carbons (Fsp3) is 0.647. The molecule has 0 aliphatic rings. The van der Waals surface area contributed by atoms with Crippen LogP contribution in [0.2, 0.25) is 0 Å². The Morgan fingerprint density at radius 1 is 0.773 bits per heavy atom. The second-order valence-electron chi connectivity index (χ2n) is 5.34. The molecule has 2 aromatic heterocycles. The molecule has 0 saturated carbocycles. The molecule has 0 radical (unpaired) electrons. The van der Waals surface area contributed by atoms with E-state index in [9.17, 15) is 0 Å². The first-order valence-electron chi connectivity index (χ1n) is 8.17. The van der Waals surface area contributed by atoms with Crippen molar-refractivity contribution in [1.29, 1.82) is 0 Å². The highest BCUT2D eigenvalue weighted by atomic mass is 32.1. The molecule has 126 valence electrons. The van der Waals surface area contributed by atoms with Gasteiger partial charge in [-0.3, -0.25) is 0 Å². The van der Waals surface area contributed by atoms with E-state index in [1.807, 2.05) is 14.1 Å². The highest BCUT2D eigenvalue weighted by molar-refractivity contribution is 7.57. The van der Waals surface area contributed by atoms with Crippen LogP contribution >= 0.6 is 0 Å². The first-order chi connectivity index (χ1) is 10.7. The lowest BCUT2D eigenvalue weighted by Crippen LogP contribution is -2.23. The van der Waals surface area contributed by atoms with Crippen LogP contribution in [0.4, 0.5) is 0 Å². The molecule has 0 spiro atoms. The van der Waals surface area contributed by atoms with Gasteiger partial charge in [0.25, 0.3) is 0 Å². The lowest BCUT2D eigenvalue weighted by atomic mass is 10.3. The van der Waals surface area contributed by atoms with E-state index in [-0.39, 0.29) is 0 Å². The Labute approximate surface area is 141 Å². The number of aromatic nitrogens is 4. The predicted octanol–water partition coefficient (Wildman–Crippen LogP) is 1.85. The summed E-state index contributed by atoms with van der Waals surface area (Å²) in [6.07, 6.45) is 19.4. The molecule has 0 amide bonds. The zero-order valence-corrected chi connectivity index (χ0v) is 16.0. The molecule has 0 aromatic carbocycles. The Hall–Kier alpha value is -1.23. The van der Waals surface area contributed by atoms with E-state index >= 15 is 0 Å². The lowest BCUT2D eigenvalue weighted by molar-refractivity contribution is -0.671. The Kier molecular flexibility index (Phi) is 12.7. The van der Waals surface area contributed by atoms with Gasteiger partial charge < -0.3 is 0 Å². The third kappa shape index (κ3) is 9.66. The Balaban J connectivity index is 0.000000360. The van der Waals surface area contributed by atoms with Crippen molar-refractivity contribution in [2.45, 2.75) is 52.6 Å². The highest BCUT2D eigenvalue weighted by Crippen LogP contribution is 1.92. The van der Waals surface area contributed by atoms with E-state index < -0.39 is 0 Å². The molecule has 2 rings (SSSR count). The van der Waals surface area contributed by atoms with Crippen molar-refractivity contribution < 1.29 is 9.13 Å². The third-order valence-corrected chi connectivity index (χ3v) is 3.19. The minimum absolute atomic E-state index is 1.15. The van der Waals surface area contributed by atoms with Crippen LogP contribution in [0.1, 0.15) is 39.5 Å². The maximum Gasteiger partial charge on any atom is 0.243 e. The summed E-state index contributed by atoms with van der Waals surface area (Å²) in [7, 11) is 4.09. The molecule has 0 aliphatic carbocycles. The largest absolute Gasteiger partial charge is 0.243 e. The van der Waals surface area contributed by atoms with E-state index in [1.54, 1.807) is 6.26 Å². The van der Waals surface area contributed by atoms with E-state index in [2.05, 4.69) is 82.2 Å². The van der Waals surface area contributed by atoms with Gasteiger partial charge in [-0.25, -0.2) is 18.3 Å². The second-order valence-corrected chi connectivity index (χ2v) is 5.34. The van der Waals surface area contributed by atoms with Crippen LogP contribution in [-0.4, -0.2) is 15.4 Å². The van der Waals surface area contributed by atoms with E-state index in [4.69, 9.17) is 0 Å². The number of imidazole rings is 2. The molecular formula is C17H35N4S+3. The zero-order chi connectivity index (χ0) is 16.8. The maximum atomic E-state index is 2.97. The predicted molar refractivity (Wildman–Crippen MR) is 97.1 cm³/mol. The van der Waals surface area contributed by atoms with Gasteiger partial charge in [0.15, 0.2) is 0 Å². The lowest BCUT2D eigenvalue weighted by Gasteiger charge is -1.90. The van der Waals surface area contributed by atoms with Crippen LogP contribution in [0.3, 0.4) is 0 Å². The first kappa shape index (κ1) is 20.8. The van der Waals surface area contributed by atoms with Crippen LogP contribution in [0.25, 0.3) is 0 Å². The van der Waals surface area contributed by atoms with Crippen LogP contribution in [0, 0.1) is 0 Å². The van der Waals surface area contributed by atoms with E-state index in [1.165, 1.54) is 25.7 Å². The SMILES string of the molecule is CCCCn1cc[n+](C)c1.CCCCn1cc[n+](C)c1.C[SH2+]. The molecule has 0 saturated heterocycles. The normalized spacial score (nSPS) is 9.55. The molecule has 4 nitrogen and oxygen atoms in total. The summed E-state index contributed by atoms with van der Waals surface area (Å²) in [4.78, 5) is 0. The summed E-state index contributed by atoms with van der Waals surface area (Å²) in [6, 6.07) is 0. The molecule has 0 aliphatic heterocycles. The molecule has 0 unspecified atom stereocenters. The molecule has 22 heavy (non-hydrogen) atoms. The number of aryl methyl sites for hydroxylation is 4.